The summed E-state index contributed by atoms with van der Waals surface area (Å²) in [5, 5.41) is 1.17. The quantitative estimate of drug-likeness (QED) is 0.681. The summed E-state index contributed by atoms with van der Waals surface area (Å²) in [6.45, 7) is 0. The first-order chi connectivity index (χ1) is 6.40. The molecule has 1 heterocycles. The van der Waals surface area contributed by atoms with Gasteiger partial charge >= 0.3 is 0 Å². The van der Waals surface area contributed by atoms with Crippen LogP contribution in [0.25, 0.3) is 11.0 Å². The summed E-state index contributed by atoms with van der Waals surface area (Å²) >= 11 is 5.61. The second kappa shape index (κ2) is 3.84. The zero-order valence-electron chi connectivity index (χ0n) is 7.29. The Morgan fingerprint density at radius 3 is 2.85 bits per heavy atom. The third-order valence-corrected chi connectivity index (χ3v) is 2.30. The maximum absolute atomic E-state index is 5.61. The molecule has 0 bridgehead atoms. The van der Waals surface area contributed by atoms with E-state index in [2.05, 4.69) is 12.1 Å². The second-order valence-corrected chi connectivity index (χ2v) is 3.42. The van der Waals surface area contributed by atoms with Gasteiger partial charge in [-0.2, -0.15) is 0 Å². The van der Waals surface area contributed by atoms with Crippen molar-refractivity contribution >= 4 is 22.6 Å². The van der Waals surface area contributed by atoms with Gasteiger partial charge in [-0.15, -0.1) is 11.6 Å². The maximum atomic E-state index is 5.61. The molecule has 0 aliphatic rings. The van der Waals surface area contributed by atoms with Crippen molar-refractivity contribution in [2.24, 2.45) is 0 Å². The van der Waals surface area contributed by atoms with E-state index in [9.17, 15) is 0 Å². The fourth-order valence-electron chi connectivity index (χ4n) is 1.40. The molecule has 0 N–H and O–H groups in total. The highest BCUT2D eigenvalue weighted by Gasteiger charge is 2.01. The Balaban J connectivity index is 2.28. The number of para-hydroxylation sites is 1. The number of benzene rings is 1. The summed E-state index contributed by atoms with van der Waals surface area (Å²) < 4.78 is 5.61. The van der Waals surface area contributed by atoms with Crippen LogP contribution in [-0.2, 0) is 6.42 Å². The molecule has 1 nitrogen and oxygen atoms in total. The van der Waals surface area contributed by atoms with Gasteiger partial charge in [-0.3, -0.25) is 0 Å². The maximum Gasteiger partial charge on any atom is 0.134 e. The van der Waals surface area contributed by atoms with Crippen molar-refractivity contribution in [3.05, 3.63) is 36.1 Å². The topological polar surface area (TPSA) is 13.1 Å². The largest absolute Gasteiger partial charge is 0.461 e. The molecule has 0 radical (unpaired) electrons. The number of hydrogen-bond acceptors (Lipinski definition) is 1. The molecule has 0 saturated carbocycles. The van der Waals surface area contributed by atoms with Gasteiger partial charge in [0.05, 0.1) is 0 Å². The third kappa shape index (κ3) is 1.86. The van der Waals surface area contributed by atoms with Crippen molar-refractivity contribution in [1.82, 2.24) is 0 Å². The molecule has 0 amide bonds. The zero-order valence-corrected chi connectivity index (χ0v) is 8.05. The summed E-state index contributed by atoms with van der Waals surface area (Å²) in [4.78, 5) is 0. The van der Waals surface area contributed by atoms with Gasteiger partial charge in [-0.25, -0.2) is 0 Å². The first kappa shape index (κ1) is 8.64. The third-order valence-electron chi connectivity index (χ3n) is 2.03. The van der Waals surface area contributed by atoms with Crippen molar-refractivity contribution < 1.29 is 4.42 Å². The molecule has 0 atom stereocenters. The fraction of sp³-hybridized carbons (Fsp3) is 0.273. The predicted octanol–water partition coefficient (Wildman–Crippen LogP) is 3.60. The molecule has 2 rings (SSSR count). The van der Waals surface area contributed by atoms with Gasteiger partial charge in [0.15, 0.2) is 0 Å². The van der Waals surface area contributed by atoms with Crippen LogP contribution >= 0.6 is 11.6 Å². The van der Waals surface area contributed by atoms with Crippen LogP contribution in [0.15, 0.2) is 34.7 Å². The Morgan fingerprint density at radius 1 is 1.23 bits per heavy atom. The Labute approximate surface area is 82.3 Å². The van der Waals surface area contributed by atoms with Crippen molar-refractivity contribution in [1.29, 1.82) is 0 Å². The number of hydrogen-bond donors (Lipinski definition) is 0. The Hall–Kier alpha value is -0.950. The highest BCUT2D eigenvalue weighted by atomic mass is 35.5. The van der Waals surface area contributed by atoms with Crippen LogP contribution in [0.3, 0.4) is 0 Å². The lowest BCUT2D eigenvalue weighted by molar-refractivity contribution is 0.545. The van der Waals surface area contributed by atoms with Crippen LogP contribution in [-0.4, -0.2) is 5.88 Å². The van der Waals surface area contributed by atoms with Crippen molar-refractivity contribution in [2.45, 2.75) is 12.8 Å². The number of rotatable bonds is 3. The average Bonchev–Trinajstić information content (AvgIpc) is 2.57. The molecule has 0 aliphatic carbocycles. The van der Waals surface area contributed by atoms with E-state index in [1.54, 1.807) is 0 Å². The predicted molar refractivity (Wildman–Crippen MR) is 55.3 cm³/mol. The highest BCUT2D eigenvalue weighted by molar-refractivity contribution is 6.17. The molecule has 68 valence electrons. The Bertz CT molecular complexity index is 359. The van der Waals surface area contributed by atoms with Gasteiger partial charge in [0.1, 0.15) is 11.3 Å². The lowest BCUT2D eigenvalue weighted by atomic mass is 10.2. The zero-order chi connectivity index (χ0) is 9.10. The first-order valence-electron chi connectivity index (χ1n) is 4.43. The molecule has 0 unspecified atom stereocenters. The molecular formula is C11H11ClO. The molecule has 13 heavy (non-hydrogen) atoms. The van der Waals surface area contributed by atoms with Gasteiger partial charge in [0.25, 0.3) is 0 Å². The minimum absolute atomic E-state index is 0.692. The summed E-state index contributed by atoms with van der Waals surface area (Å²) in [5.41, 5.74) is 0.965. The van der Waals surface area contributed by atoms with Crippen molar-refractivity contribution in [3.8, 4) is 0 Å². The monoisotopic (exact) mass is 194 g/mol. The number of alkyl halides is 1. The molecular weight excluding hydrogens is 184 g/mol. The van der Waals surface area contributed by atoms with Crippen molar-refractivity contribution in [2.75, 3.05) is 5.88 Å². The minimum atomic E-state index is 0.692. The fourth-order valence-corrected chi connectivity index (χ4v) is 1.53. The molecule has 1 aromatic heterocycles. The molecule has 0 aliphatic heterocycles. The smallest absolute Gasteiger partial charge is 0.134 e. The van der Waals surface area contributed by atoms with E-state index in [4.69, 9.17) is 16.0 Å². The molecule has 0 fully saturated rings. The van der Waals surface area contributed by atoms with E-state index >= 15 is 0 Å². The van der Waals surface area contributed by atoms with Crippen LogP contribution < -0.4 is 0 Å². The van der Waals surface area contributed by atoms with Crippen LogP contribution in [0, 0.1) is 0 Å². The van der Waals surface area contributed by atoms with Gasteiger partial charge in [-0.05, 0) is 18.6 Å². The summed E-state index contributed by atoms with van der Waals surface area (Å²) in [5.74, 6) is 1.72. The van der Waals surface area contributed by atoms with Crippen LogP contribution in [0.5, 0.6) is 0 Å². The molecule has 0 spiro atoms. The molecule has 0 saturated heterocycles. The van der Waals surface area contributed by atoms with E-state index in [0.29, 0.717) is 5.88 Å². The van der Waals surface area contributed by atoms with Gasteiger partial charge in [0.2, 0.25) is 0 Å². The molecule has 1 aromatic carbocycles. The number of aryl methyl sites for hydroxylation is 1. The Kier molecular flexibility index (Phi) is 2.55. The van der Waals surface area contributed by atoms with E-state index in [1.807, 2.05) is 18.2 Å². The van der Waals surface area contributed by atoms with E-state index in [0.717, 1.165) is 24.2 Å². The SMILES string of the molecule is ClCCCc1cc2ccccc2o1. The molecule has 2 aromatic rings. The summed E-state index contributed by atoms with van der Waals surface area (Å²) in [7, 11) is 0. The minimum Gasteiger partial charge on any atom is -0.461 e. The normalized spacial score (nSPS) is 10.8. The summed E-state index contributed by atoms with van der Waals surface area (Å²) in [6, 6.07) is 10.1. The van der Waals surface area contributed by atoms with Crippen molar-refractivity contribution in [3.63, 3.8) is 0 Å². The van der Waals surface area contributed by atoms with Crippen LogP contribution in [0.4, 0.5) is 0 Å². The Morgan fingerprint density at radius 2 is 2.08 bits per heavy atom. The number of furan rings is 1. The van der Waals surface area contributed by atoms with E-state index < -0.39 is 0 Å². The van der Waals surface area contributed by atoms with E-state index in [1.165, 1.54) is 5.39 Å². The van der Waals surface area contributed by atoms with Gasteiger partial charge < -0.3 is 4.42 Å². The standard InChI is InChI=1S/C11H11ClO/c12-7-3-5-10-8-9-4-1-2-6-11(9)13-10/h1-2,4,6,8H,3,5,7H2. The lowest BCUT2D eigenvalue weighted by Gasteiger charge is -1.90. The van der Waals surface area contributed by atoms with Crippen LogP contribution in [0.2, 0.25) is 0 Å². The van der Waals surface area contributed by atoms with Gasteiger partial charge in [-0.1, -0.05) is 18.2 Å². The lowest BCUT2D eigenvalue weighted by Crippen LogP contribution is -1.81. The summed E-state index contributed by atoms with van der Waals surface area (Å²) in [6.07, 6.45) is 1.90. The number of fused-ring (bicyclic) bond motifs is 1. The second-order valence-electron chi connectivity index (χ2n) is 3.04. The first-order valence-corrected chi connectivity index (χ1v) is 4.97. The van der Waals surface area contributed by atoms with E-state index in [-0.39, 0.29) is 0 Å². The highest BCUT2D eigenvalue weighted by Crippen LogP contribution is 2.19. The molecule has 2 heteroatoms. The number of halogens is 1. The average molecular weight is 195 g/mol. The van der Waals surface area contributed by atoms with Crippen LogP contribution in [0.1, 0.15) is 12.2 Å². The van der Waals surface area contributed by atoms with Gasteiger partial charge in [0, 0.05) is 17.7 Å².